The van der Waals surface area contributed by atoms with E-state index in [4.69, 9.17) is 4.74 Å². The van der Waals surface area contributed by atoms with E-state index in [9.17, 15) is 4.79 Å². The lowest BCUT2D eigenvalue weighted by Crippen LogP contribution is -2.37. The maximum Gasteiger partial charge on any atom is 0.222 e. The van der Waals surface area contributed by atoms with Crippen LogP contribution in [0.15, 0.2) is 0 Å². The molecule has 0 aromatic heterocycles. The zero-order valence-corrected chi connectivity index (χ0v) is 15.5. The van der Waals surface area contributed by atoms with E-state index in [2.05, 4.69) is 27.7 Å². The van der Waals surface area contributed by atoms with Crippen molar-refractivity contribution in [1.82, 2.24) is 4.90 Å². The number of amides is 1. The number of carbonyl (C=O) groups excluding carboxylic acids is 1. The summed E-state index contributed by atoms with van der Waals surface area (Å²) in [4.78, 5) is 14.3. The molecule has 130 valence electrons. The number of ether oxygens (including phenoxy) is 1. The number of hydrogen-bond acceptors (Lipinski definition) is 2. The largest absolute Gasteiger partial charge is 0.383 e. The number of unbranched alkanes of at least 4 members (excludes halogenated alkanes) is 3. The van der Waals surface area contributed by atoms with Gasteiger partial charge in [-0.3, -0.25) is 4.79 Å². The van der Waals surface area contributed by atoms with Crippen LogP contribution in [0.1, 0.15) is 79.1 Å². The van der Waals surface area contributed by atoms with Gasteiger partial charge in [-0.05, 0) is 37.0 Å². The van der Waals surface area contributed by atoms with Crippen LogP contribution in [-0.4, -0.2) is 37.1 Å². The van der Waals surface area contributed by atoms with Gasteiger partial charge < -0.3 is 9.64 Å². The lowest BCUT2D eigenvalue weighted by Gasteiger charge is -2.29. The first-order chi connectivity index (χ1) is 10.4. The van der Waals surface area contributed by atoms with Crippen LogP contribution >= 0.6 is 0 Å². The lowest BCUT2D eigenvalue weighted by molar-refractivity contribution is -0.133. The summed E-state index contributed by atoms with van der Waals surface area (Å²) in [6.07, 6.45) is 9.00. The van der Waals surface area contributed by atoms with Crippen LogP contribution in [0, 0.1) is 11.3 Å². The predicted molar refractivity (Wildman–Crippen MR) is 92.9 cm³/mol. The maximum atomic E-state index is 12.3. The van der Waals surface area contributed by atoms with Gasteiger partial charge in [0.05, 0.1) is 12.6 Å². The molecule has 0 spiro atoms. The van der Waals surface area contributed by atoms with Crippen molar-refractivity contribution >= 4 is 5.91 Å². The molecule has 0 bridgehead atoms. The molecule has 1 rings (SSSR count). The molecule has 0 aliphatic carbocycles. The average molecular weight is 312 g/mol. The number of likely N-dealkylation sites (tertiary alicyclic amines) is 1. The number of carbonyl (C=O) groups is 1. The first-order valence-electron chi connectivity index (χ1n) is 9.17. The Kier molecular flexibility index (Phi) is 8.45. The second-order valence-corrected chi connectivity index (χ2v) is 7.90. The van der Waals surface area contributed by atoms with Crippen LogP contribution in [0.5, 0.6) is 0 Å². The van der Waals surface area contributed by atoms with E-state index in [-0.39, 0.29) is 0 Å². The molecule has 1 atom stereocenters. The lowest BCUT2D eigenvalue weighted by atomic mass is 9.77. The van der Waals surface area contributed by atoms with Crippen LogP contribution in [0.2, 0.25) is 0 Å². The van der Waals surface area contributed by atoms with Gasteiger partial charge >= 0.3 is 0 Å². The Hall–Kier alpha value is -0.570. The first-order valence-corrected chi connectivity index (χ1v) is 9.17. The molecule has 0 N–H and O–H groups in total. The Balaban J connectivity index is 2.13. The maximum absolute atomic E-state index is 12.3. The molecule has 3 heteroatoms. The molecule has 0 radical (unpaired) electrons. The van der Waals surface area contributed by atoms with E-state index in [0.29, 0.717) is 30.4 Å². The zero-order chi connectivity index (χ0) is 16.6. The van der Waals surface area contributed by atoms with Gasteiger partial charge in [0.25, 0.3) is 0 Å². The summed E-state index contributed by atoms with van der Waals surface area (Å²) in [7, 11) is 1.72. The molecular formula is C19H37NO2. The van der Waals surface area contributed by atoms with Gasteiger partial charge in [0, 0.05) is 20.1 Å². The Bertz CT molecular complexity index is 325. The molecule has 0 saturated carbocycles. The Morgan fingerprint density at radius 2 is 1.91 bits per heavy atom. The molecular weight excluding hydrogens is 274 g/mol. The normalized spacial score (nSPS) is 19.2. The Labute approximate surface area is 137 Å². The molecule has 1 aliphatic rings. The van der Waals surface area contributed by atoms with Crippen LogP contribution in [0.4, 0.5) is 0 Å². The van der Waals surface area contributed by atoms with Gasteiger partial charge in [-0.2, -0.15) is 0 Å². The summed E-state index contributed by atoms with van der Waals surface area (Å²) in [5, 5.41) is 0. The van der Waals surface area contributed by atoms with Gasteiger partial charge in [0.15, 0.2) is 0 Å². The molecule has 1 heterocycles. The molecule has 1 saturated heterocycles. The van der Waals surface area contributed by atoms with Gasteiger partial charge in [0.1, 0.15) is 0 Å². The number of hydrogen-bond donors (Lipinski definition) is 0. The topological polar surface area (TPSA) is 29.5 Å². The quantitative estimate of drug-likeness (QED) is 0.550. The summed E-state index contributed by atoms with van der Waals surface area (Å²) in [6.45, 7) is 11.0. The first kappa shape index (κ1) is 19.5. The minimum Gasteiger partial charge on any atom is -0.383 e. The Morgan fingerprint density at radius 3 is 2.55 bits per heavy atom. The monoisotopic (exact) mass is 311 g/mol. The Morgan fingerprint density at radius 1 is 1.23 bits per heavy atom. The van der Waals surface area contributed by atoms with E-state index < -0.39 is 0 Å². The fraction of sp³-hybridized carbons (Fsp3) is 0.947. The van der Waals surface area contributed by atoms with Crippen LogP contribution < -0.4 is 0 Å². The van der Waals surface area contributed by atoms with E-state index in [1.807, 2.05) is 4.90 Å². The molecule has 22 heavy (non-hydrogen) atoms. The molecule has 1 unspecified atom stereocenters. The van der Waals surface area contributed by atoms with Crippen molar-refractivity contribution in [1.29, 1.82) is 0 Å². The smallest absolute Gasteiger partial charge is 0.222 e. The van der Waals surface area contributed by atoms with Crippen molar-refractivity contribution in [2.45, 2.75) is 85.1 Å². The minimum atomic E-state index is 0.323. The van der Waals surface area contributed by atoms with Gasteiger partial charge in [0.2, 0.25) is 5.91 Å². The number of nitrogens with zero attached hydrogens (tertiary/aromatic N) is 1. The third-order valence-electron chi connectivity index (χ3n) is 5.58. The average Bonchev–Trinajstić information content (AvgIpc) is 2.91. The second kappa shape index (κ2) is 9.54. The van der Waals surface area contributed by atoms with E-state index in [1.54, 1.807) is 7.11 Å². The third kappa shape index (κ3) is 6.28. The van der Waals surface area contributed by atoms with Gasteiger partial charge in [-0.1, -0.05) is 47.0 Å². The summed E-state index contributed by atoms with van der Waals surface area (Å²) in [5.41, 5.74) is 0.443. The highest BCUT2D eigenvalue weighted by molar-refractivity contribution is 5.76. The summed E-state index contributed by atoms with van der Waals surface area (Å²) in [5.74, 6) is 1.07. The number of methoxy groups -OCH3 is 1. The van der Waals surface area contributed by atoms with Gasteiger partial charge in [-0.25, -0.2) is 0 Å². The van der Waals surface area contributed by atoms with Crippen LogP contribution in [0.3, 0.4) is 0 Å². The zero-order valence-electron chi connectivity index (χ0n) is 15.5. The summed E-state index contributed by atoms with van der Waals surface area (Å²) in [6, 6.07) is 0.323. The molecule has 1 fully saturated rings. The third-order valence-corrected chi connectivity index (χ3v) is 5.58. The van der Waals surface area contributed by atoms with E-state index in [1.165, 1.54) is 25.7 Å². The fourth-order valence-electron chi connectivity index (χ4n) is 3.17. The fourth-order valence-corrected chi connectivity index (χ4v) is 3.17. The van der Waals surface area contributed by atoms with Crippen molar-refractivity contribution < 1.29 is 9.53 Å². The van der Waals surface area contributed by atoms with Gasteiger partial charge in [-0.15, -0.1) is 0 Å². The number of rotatable bonds is 10. The summed E-state index contributed by atoms with van der Waals surface area (Å²) < 4.78 is 5.22. The van der Waals surface area contributed by atoms with Crippen LogP contribution in [-0.2, 0) is 9.53 Å². The molecule has 0 aromatic carbocycles. The van der Waals surface area contributed by atoms with E-state index in [0.717, 1.165) is 31.7 Å². The minimum absolute atomic E-state index is 0.323. The SMILES string of the molecule is COCC1CCCN1C(=O)CCCCCCC(C)(C)C(C)C. The summed E-state index contributed by atoms with van der Waals surface area (Å²) >= 11 is 0. The molecule has 1 amide bonds. The predicted octanol–water partition coefficient (Wildman–Crippen LogP) is 4.65. The second-order valence-electron chi connectivity index (χ2n) is 7.90. The molecule has 3 nitrogen and oxygen atoms in total. The highest BCUT2D eigenvalue weighted by Crippen LogP contribution is 2.32. The molecule has 1 aliphatic heterocycles. The highest BCUT2D eigenvalue weighted by Gasteiger charge is 2.27. The standard InChI is InChI=1S/C19H37NO2/c1-16(2)19(3,4)13-9-7-6-8-12-18(21)20-14-10-11-17(20)15-22-5/h16-17H,6-15H2,1-5H3. The highest BCUT2D eigenvalue weighted by atomic mass is 16.5. The van der Waals surface area contributed by atoms with Crippen molar-refractivity contribution in [2.75, 3.05) is 20.3 Å². The van der Waals surface area contributed by atoms with Crippen molar-refractivity contribution in [3.63, 3.8) is 0 Å². The molecule has 0 aromatic rings. The van der Waals surface area contributed by atoms with Crippen molar-refractivity contribution in [2.24, 2.45) is 11.3 Å². The van der Waals surface area contributed by atoms with Crippen molar-refractivity contribution in [3.8, 4) is 0 Å². The van der Waals surface area contributed by atoms with Crippen LogP contribution in [0.25, 0.3) is 0 Å². The van der Waals surface area contributed by atoms with Crippen molar-refractivity contribution in [3.05, 3.63) is 0 Å². The van der Waals surface area contributed by atoms with E-state index >= 15 is 0 Å².